The molecule has 1 rings (SSSR count). The Balaban J connectivity index is 2.58. The Morgan fingerprint density at radius 3 is 2.29 bits per heavy atom. The molecule has 0 aromatic heterocycles. The smallest absolute Gasteiger partial charge is 0.258 e. The van der Waals surface area contributed by atoms with Crippen molar-refractivity contribution in [2.24, 2.45) is 0 Å². The third-order valence-corrected chi connectivity index (χ3v) is 4.38. The van der Waals surface area contributed by atoms with Gasteiger partial charge in [-0.15, -0.1) is 0 Å². The lowest BCUT2D eigenvalue weighted by molar-refractivity contribution is -0.384. The SMILES string of the molecule is CC(C)(C)SSC#Cc1ccc([N+](=O)[O-])cc1. The molecule has 0 aliphatic carbocycles. The molecule has 3 nitrogen and oxygen atoms in total. The fraction of sp³-hybridized carbons (Fsp3) is 0.333. The third-order valence-electron chi connectivity index (χ3n) is 1.61. The second-order valence-electron chi connectivity index (χ2n) is 4.31. The minimum absolute atomic E-state index is 0.0901. The monoisotopic (exact) mass is 267 g/mol. The van der Waals surface area contributed by atoms with Crippen LogP contribution in [-0.4, -0.2) is 9.67 Å². The van der Waals surface area contributed by atoms with Crippen molar-refractivity contribution >= 4 is 27.3 Å². The van der Waals surface area contributed by atoms with Gasteiger partial charge in [0.25, 0.3) is 5.69 Å². The standard InChI is InChI=1S/C12H13NO2S2/c1-12(2,3)17-16-9-8-10-4-6-11(7-5-10)13(14)15/h4-7H,1-3H3. The molecule has 1 aromatic carbocycles. The van der Waals surface area contributed by atoms with Gasteiger partial charge in [0.1, 0.15) is 0 Å². The van der Waals surface area contributed by atoms with Crippen LogP contribution in [0, 0.1) is 21.3 Å². The molecule has 5 heteroatoms. The summed E-state index contributed by atoms with van der Waals surface area (Å²) in [5, 5.41) is 13.4. The van der Waals surface area contributed by atoms with Crippen LogP contribution in [0.3, 0.4) is 0 Å². The molecule has 90 valence electrons. The molecule has 0 fully saturated rings. The van der Waals surface area contributed by atoms with Crippen LogP contribution >= 0.6 is 21.6 Å². The first-order valence-corrected chi connectivity index (χ1v) is 7.13. The minimum atomic E-state index is -0.415. The molecular weight excluding hydrogens is 254 g/mol. The number of benzene rings is 1. The molecule has 0 radical (unpaired) electrons. The third kappa shape index (κ3) is 5.66. The summed E-state index contributed by atoms with van der Waals surface area (Å²) < 4.78 is 0.175. The van der Waals surface area contributed by atoms with Crippen LogP contribution in [0.15, 0.2) is 24.3 Å². The maximum absolute atomic E-state index is 10.4. The molecule has 17 heavy (non-hydrogen) atoms. The molecule has 0 heterocycles. The molecular formula is C12H13NO2S2. The van der Waals surface area contributed by atoms with Crippen molar-refractivity contribution in [1.82, 2.24) is 0 Å². The van der Waals surface area contributed by atoms with Crippen molar-refractivity contribution in [2.75, 3.05) is 0 Å². The van der Waals surface area contributed by atoms with Gasteiger partial charge in [-0.1, -0.05) is 37.5 Å². The summed E-state index contributed by atoms with van der Waals surface area (Å²) in [6, 6.07) is 6.25. The zero-order chi connectivity index (χ0) is 12.9. The van der Waals surface area contributed by atoms with Gasteiger partial charge in [-0.3, -0.25) is 10.1 Å². The molecule has 0 saturated carbocycles. The highest BCUT2D eigenvalue weighted by atomic mass is 33.1. The normalized spacial score (nSPS) is 10.5. The summed E-state index contributed by atoms with van der Waals surface area (Å²) >= 11 is 0. The summed E-state index contributed by atoms with van der Waals surface area (Å²) in [6.07, 6.45) is 0. The van der Waals surface area contributed by atoms with Crippen LogP contribution in [-0.2, 0) is 0 Å². The lowest BCUT2D eigenvalue weighted by Crippen LogP contribution is -2.03. The first kappa shape index (κ1) is 13.9. The molecule has 0 amide bonds. The van der Waals surface area contributed by atoms with Gasteiger partial charge in [0.05, 0.1) is 4.92 Å². The molecule has 0 unspecified atom stereocenters. The largest absolute Gasteiger partial charge is 0.269 e. The van der Waals surface area contributed by atoms with E-state index in [9.17, 15) is 10.1 Å². The minimum Gasteiger partial charge on any atom is -0.258 e. The van der Waals surface area contributed by atoms with Gasteiger partial charge >= 0.3 is 0 Å². The van der Waals surface area contributed by atoms with Gasteiger partial charge in [0, 0.05) is 22.4 Å². The highest BCUT2D eigenvalue weighted by molar-refractivity contribution is 8.79. The molecule has 0 saturated heterocycles. The fourth-order valence-corrected chi connectivity index (χ4v) is 2.34. The molecule has 1 aromatic rings. The molecule has 0 atom stereocenters. The lowest BCUT2D eigenvalue weighted by Gasteiger charge is -2.13. The Bertz CT molecular complexity index is 452. The van der Waals surface area contributed by atoms with Crippen LogP contribution in [0.5, 0.6) is 0 Å². The first-order chi connectivity index (χ1) is 7.88. The zero-order valence-electron chi connectivity index (χ0n) is 9.89. The molecule has 0 aliphatic rings. The van der Waals surface area contributed by atoms with Crippen molar-refractivity contribution < 1.29 is 4.92 Å². The highest BCUT2D eigenvalue weighted by Crippen LogP contribution is 2.34. The van der Waals surface area contributed by atoms with E-state index in [0.29, 0.717) is 0 Å². The topological polar surface area (TPSA) is 43.1 Å². The number of non-ortho nitro benzene ring substituents is 1. The second-order valence-corrected chi connectivity index (χ2v) is 7.07. The lowest BCUT2D eigenvalue weighted by atomic mass is 10.2. The van der Waals surface area contributed by atoms with Crippen molar-refractivity contribution in [3.8, 4) is 11.2 Å². The molecule has 0 aliphatic heterocycles. The van der Waals surface area contributed by atoms with Crippen LogP contribution in [0.25, 0.3) is 0 Å². The van der Waals surface area contributed by atoms with Crippen LogP contribution in [0.4, 0.5) is 5.69 Å². The van der Waals surface area contributed by atoms with E-state index in [1.807, 2.05) is 0 Å². The Hall–Kier alpha value is -1.12. The predicted octanol–water partition coefficient (Wildman–Crippen LogP) is 4.08. The number of nitro benzene ring substituents is 1. The van der Waals surface area contributed by atoms with Crippen molar-refractivity contribution in [3.05, 3.63) is 39.9 Å². The maximum atomic E-state index is 10.4. The van der Waals surface area contributed by atoms with Crippen molar-refractivity contribution in [1.29, 1.82) is 0 Å². The van der Waals surface area contributed by atoms with Gasteiger partial charge in [-0.25, -0.2) is 0 Å². The van der Waals surface area contributed by atoms with Crippen LogP contribution in [0.2, 0.25) is 0 Å². The maximum Gasteiger partial charge on any atom is 0.269 e. The highest BCUT2D eigenvalue weighted by Gasteiger charge is 2.09. The van der Waals surface area contributed by atoms with Gasteiger partial charge in [-0.05, 0) is 28.2 Å². The Kier molecular flexibility index (Phi) is 4.91. The second kappa shape index (κ2) is 5.99. The van der Waals surface area contributed by atoms with Gasteiger partial charge in [-0.2, -0.15) is 0 Å². The number of hydrogen-bond donors (Lipinski definition) is 0. The number of hydrogen-bond acceptors (Lipinski definition) is 4. The fourth-order valence-electron chi connectivity index (χ4n) is 0.892. The Labute approximate surface area is 109 Å². The van der Waals surface area contributed by atoms with E-state index in [-0.39, 0.29) is 10.4 Å². The Morgan fingerprint density at radius 2 is 1.82 bits per heavy atom. The van der Waals surface area contributed by atoms with Crippen LogP contribution < -0.4 is 0 Å². The summed E-state index contributed by atoms with van der Waals surface area (Å²) in [4.78, 5) is 10.0. The average molecular weight is 267 g/mol. The van der Waals surface area contributed by atoms with E-state index in [1.54, 1.807) is 22.9 Å². The predicted molar refractivity (Wildman–Crippen MR) is 74.9 cm³/mol. The van der Waals surface area contributed by atoms with Crippen molar-refractivity contribution in [2.45, 2.75) is 25.5 Å². The molecule has 0 spiro atoms. The van der Waals surface area contributed by atoms with E-state index in [2.05, 4.69) is 31.9 Å². The summed E-state index contributed by atoms with van der Waals surface area (Å²) in [5.41, 5.74) is 0.880. The molecule has 0 N–H and O–H groups in total. The number of rotatable bonds is 2. The van der Waals surface area contributed by atoms with E-state index in [4.69, 9.17) is 0 Å². The van der Waals surface area contributed by atoms with Gasteiger partial charge < -0.3 is 0 Å². The summed E-state index contributed by atoms with van der Waals surface area (Å²) in [6.45, 7) is 6.37. The average Bonchev–Trinajstić information content (AvgIpc) is 2.24. The quantitative estimate of drug-likeness (QED) is 0.350. The summed E-state index contributed by atoms with van der Waals surface area (Å²) in [5.74, 6) is 2.95. The zero-order valence-corrected chi connectivity index (χ0v) is 11.5. The van der Waals surface area contributed by atoms with Crippen LogP contribution in [0.1, 0.15) is 26.3 Å². The van der Waals surface area contributed by atoms with E-state index in [1.165, 1.54) is 22.9 Å². The summed E-state index contributed by atoms with van der Waals surface area (Å²) in [7, 11) is 3.18. The Morgan fingerprint density at radius 1 is 1.24 bits per heavy atom. The number of nitrogens with zero attached hydrogens (tertiary/aromatic N) is 1. The van der Waals surface area contributed by atoms with Gasteiger partial charge in [0.15, 0.2) is 0 Å². The van der Waals surface area contributed by atoms with E-state index < -0.39 is 4.92 Å². The van der Waals surface area contributed by atoms with Gasteiger partial charge in [0.2, 0.25) is 0 Å². The van der Waals surface area contributed by atoms with E-state index in [0.717, 1.165) is 5.56 Å². The molecule has 0 bridgehead atoms. The first-order valence-electron chi connectivity index (χ1n) is 4.99. The van der Waals surface area contributed by atoms with Crippen molar-refractivity contribution in [3.63, 3.8) is 0 Å². The van der Waals surface area contributed by atoms with E-state index >= 15 is 0 Å². The number of nitro groups is 1.